The summed E-state index contributed by atoms with van der Waals surface area (Å²) in [6, 6.07) is 20.4. The van der Waals surface area contributed by atoms with Crippen molar-refractivity contribution in [3.8, 4) is 0 Å². The van der Waals surface area contributed by atoms with Gasteiger partial charge >= 0.3 is 6.09 Å². The van der Waals surface area contributed by atoms with E-state index >= 15 is 0 Å². The maximum Gasteiger partial charge on any atom is 0.411 e. The van der Waals surface area contributed by atoms with Crippen LogP contribution >= 0.6 is 11.6 Å². The highest BCUT2D eigenvalue weighted by Crippen LogP contribution is 2.35. The first-order chi connectivity index (χ1) is 17.9. The van der Waals surface area contributed by atoms with Gasteiger partial charge in [-0.1, -0.05) is 59.6 Å². The second-order valence-electron chi connectivity index (χ2n) is 8.74. The maximum atomic E-state index is 13.3. The summed E-state index contributed by atoms with van der Waals surface area (Å²) < 4.78 is 10.8. The van der Waals surface area contributed by atoms with Gasteiger partial charge in [0.05, 0.1) is 13.2 Å². The number of benzene rings is 3. The van der Waals surface area contributed by atoms with Crippen LogP contribution in [0.5, 0.6) is 0 Å². The largest absolute Gasteiger partial charge is 0.438 e. The van der Waals surface area contributed by atoms with Crippen LogP contribution in [0.15, 0.2) is 72.8 Å². The van der Waals surface area contributed by atoms with Crippen LogP contribution < -0.4 is 10.6 Å². The molecule has 4 rings (SSSR count). The van der Waals surface area contributed by atoms with Gasteiger partial charge in [0, 0.05) is 29.9 Å². The van der Waals surface area contributed by atoms with E-state index in [2.05, 4.69) is 10.6 Å². The summed E-state index contributed by atoms with van der Waals surface area (Å²) in [4.78, 5) is 40.4. The Morgan fingerprint density at radius 3 is 2.54 bits per heavy atom. The second-order valence-corrected chi connectivity index (χ2v) is 9.17. The van der Waals surface area contributed by atoms with Crippen LogP contribution in [-0.2, 0) is 20.8 Å². The topological polar surface area (TPSA) is 97.0 Å². The molecule has 1 aliphatic heterocycles. The Balaban J connectivity index is 1.59. The fourth-order valence-corrected chi connectivity index (χ4v) is 4.30. The van der Waals surface area contributed by atoms with Crippen molar-refractivity contribution in [3.63, 3.8) is 0 Å². The Hall–Kier alpha value is -3.88. The van der Waals surface area contributed by atoms with Gasteiger partial charge in [-0.25, -0.2) is 4.79 Å². The molecule has 1 aliphatic rings. The molecule has 3 aromatic carbocycles. The van der Waals surface area contributed by atoms with Gasteiger partial charge in [-0.05, 0) is 48.4 Å². The highest BCUT2D eigenvalue weighted by atomic mass is 35.5. The van der Waals surface area contributed by atoms with Gasteiger partial charge < -0.3 is 20.1 Å². The number of hydrogen-bond acceptors (Lipinski definition) is 5. The van der Waals surface area contributed by atoms with E-state index < -0.39 is 18.2 Å². The van der Waals surface area contributed by atoms with E-state index in [9.17, 15) is 14.4 Å². The van der Waals surface area contributed by atoms with Crippen molar-refractivity contribution >= 4 is 35.2 Å². The van der Waals surface area contributed by atoms with Gasteiger partial charge in [-0.15, -0.1) is 0 Å². The molecule has 1 heterocycles. The molecule has 9 heteroatoms. The second kappa shape index (κ2) is 11.9. The third kappa shape index (κ3) is 6.47. The van der Waals surface area contributed by atoms with Gasteiger partial charge in [-0.2, -0.15) is 0 Å². The fourth-order valence-electron chi connectivity index (χ4n) is 4.11. The molecule has 0 radical (unpaired) electrons. The molecule has 0 aliphatic carbocycles. The minimum Gasteiger partial charge on any atom is -0.438 e. The summed E-state index contributed by atoms with van der Waals surface area (Å²) in [6.07, 6.45) is -1.46. The molecule has 2 atom stereocenters. The van der Waals surface area contributed by atoms with E-state index in [-0.39, 0.29) is 18.4 Å². The maximum absolute atomic E-state index is 13.3. The lowest BCUT2D eigenvalue weighted by molar-refractivity contribution is -0.126. The van der Waals surface area contributed by atoms with E-state index in [4.69, 9.17) is 21.1 Å². The Morgan fingerprint density at radius 2 is 1.81 bits per heavy atom. The van der Waals surface area contributed by atoms with Gasteiger partial charge in [-0.3, -0.25) is 14.5 Å². The molecule has 192 valence electrons. The van der Waals surface area contributed by atoms with E-state index in [0.29, 0.717) is 35.0 Å². The number of amides is 3. The van der Waals surface area contributed by atoms with Crippen LogP contribution in [0.1, 0.15) is 33.2 Å². The summed E-state index contributed by atoms with van der Waals surface area (Å²) in [7, 11) is 1.55. The number of carbonyl (C=O) groups is 3. The van der Waals surface area contributed by atoms with Gasteiger partial charge in [0.2, 0.25) is 5.91 Å². The van der Waals surface area contributed by atoms with Crippen molar-refractivity contribution in [3.05, 3.63) is 100 Å². The molecule has 1 saturated heterocycles. The van der Waals surface area contributed by atoms with Crippen LogP contribution in [0, 0.1) is 6.92 Å². The Kier molecular flexibility index (Phi) is 8.43. The van der Waals surface area contributed by atoms with E-state index in [1.807, 2.05) is 31.2 Å². The molecule has 0 bridgehead atoms. The quantitative estimate of drug-likeness (QED) is 0.397. The SMILES string of the molecule is COCCNC(=O)[C@H]1[C@@H](c2cccc(NC(=O)c3cccc(Cl)c3)c2)OC(=O)N1Cc1ccc(C)cc1. The number of nitrogens with one attached hydrogen (secondary N) is 2. The molecule has 0 unspecified atom stereocenters. The third-order valence-corrected chi connectivity index (χ3v) is 6.23. The molecular weight excluding hydrogens is 494 g/mol. The van der Waals surface area contributed by atoms with Gasteiger partial charge in [0.15, 0.2) is 12.1 Å². The Morgan fingerprint density at radius 1 is 1.05 bits per heavy atom. The predicted octanol–water partition coefficient (Wildman–Crippen LogP) is 4.73. The summed E-state index contributed by atoms with van der Waals surface area (Å²) in [5.74, 6) is -0.689. The standard InChI is InChI=1S/C28H28ClN3O5/c1-18-9-11-19(12-10-18)17-32-24(27(34)30-13-14-36-2)25(37-28(32)35)20-5-4-8-23(16-20)31-26(33)21-6-3-7-22(29)15-21/h3-12,15-16,24-25H,13-14,17H2,1-2H3,(H,30,34)(H,31,33)/t24-,25-/m1/s1. The summed E-state index contributed by atoms with van der Waals surface area (Å²) in [5.41, 5.74) is 3.45. The fraction of sp³-hybridized carbons (Fsp3) is 0.250. The number of methoxy groups -OCH3 is 1. The lowest BCUT2D eigenvalue weighted by atomic mass is 10.00. The number of hydrogen-bond donors (Lipinski definition) is 2. The van der Waals surface area contributed by atoms with Crippen molar-refractivity contribution in [1.82, 2.24) is 10.2 Å². The van der Waals surface area contributed by atoms with Crippen molar-refractivity contribution < 1.29 is 23.9 Å². The van der Waals surface area contributed by atoms with Crippen LogP contribution in [-0.4, -0.2) is 49.1 Å². The highest BCUT2D eigenvalue weighted by molar-refractivity contribution is 6.31. The normalized spacial score (nSPS) is 16.8. The molecule has 2 N–H and O–H groups in total. The van der Waals surface area contributed by atoms with E-state index in [1.54, 1.807) is 55.6 Å². The minimum absolute atomic E-state index is 0.211. The van der Waals surface area contributed by atoms with Gasteiger partial charge in [0.25, 0.3) is 5.91 Å². The van der Waals surface area contributed by atoms with Crippen LogP contribution in [0.2, 0.25) is 5.02 Å². The summed E-state index contributed by atoms with van der Waals surface area (Å²) in [6.45, 7) is 2.82. The molecule has 8 nitrogen and oxygen atoms in total. The number of nitrogens with zero attached hydrogens (tertiary/aromatic N) is 1. The third-order valence-electron chi connectivity index (χ3n) is 5.99. The number of anilines is 1. The zero-order valence-corrected chi connectivity index (χ0v) is 21.3. The number of aryl methyl sites for hydroxylation is 1. The summed E-state index contributed by atoms with van der Waals surface area (Å²) >= 11 is 6.01. The summed E-state index contributed by atoms with van der Waals surface area (Å²) in [5, 5.41) is 6.11. The van der Waals surface area contributed by atoms with Crippen molar-refractivity contribution in [1.29, 1.82) is 0 Å². The number of ether oxygens (including phenoxy) is 2. The van der Waals surface area contributed by atoms with Crippen molar-refractivity contribution in [2.75, 3.05) is 25.6 Å². The Labute approximate surface area is 220 Å². The van der Waals surface area contributed by atoms with Crippen molar-refractivity contribution in [2.24, 2.45) is 0 Å². The zero-order chi connectivity index (χ0) is 26.4. The molecule has 0 spiro atoms. The van der Waals surface area contributed by atoms with Crippen LogP contribution in [0.3, 0.4) is 0 Å². The average molecular weight is 522 g/mol. The lowest BCUT2D eigenvalue weighted by Crippen LogP contribution is -2.47. The predicted molar refractivity (Wildman–Crippen MR) is 140 cm³/mol. The van der Waals surface area contributed by atoms with Crippen molar-refractivity contribution in [2.45, 2.75) is 25.6 Å². The lowest BCUT2D eigenvalue weighted by Gasteiger charge is -2.24. The van der Waals surface area contributed by atoms with E-state index in [1.165, 1.54) is 4.90 Å². The zero-order valence-electron chi connectivity index (χ0n) is 20.6. The molecule has 0 saturated carbocycles. The first-order valence-corrected chi connectivity index (χ1v) is 12.2. The number of rotatable bonds is 9. The molecule has 3 aromatic rings. The molecule has 1 fully saturated rings. The van der Waals surface area contributed by atoms with Crippen LogP contribution in [0.25, 0.3) is 0 Å². The minimum atomic E-state index is -0.912. The highest BCUT2D eigenvalue weighted by Gasteiger charge is 2.47. The number of carbonyl (C=O) groups excluding carboxylic acids is 3. The average Bonchev–Trinajstić information content (AvgIpc) is 3.21. The van der Waals surface area contributed by atoms with E-state index in [0.717, 1.165) is 11.1 Å². The molecule has 3 amide bonds. The molecular formula is C28H28ClN3O5. The van der Waals surface area contributed by atoms with Gasteiger partial charge in [0.1, 0.15) is 0 Å². The number of halogens is 1. The Bertz CT molecular complexity index is 1280. The molecule has 37 heavy (non-hydrogen) atoms. The smallest absolute Gasteiger partial charge is 0.411 e. The first kappa shape index (κ1) is 26.2. The first-order valence-electron chi connectivity index (χ1n) is 11.8. The van der Waals surface area contributed by atoms with Crippen LogP contribution in [0.4, 0.5) is 10.5 Å². The number of cyclic esters (lactones) is 1. The monoisotopic (exact) mass is 521 g/mol. The molecule has 0 aromatic heterocycles.